The first-order valence-corrected chi connectivity index (χ1v) is 6.20. The van der Waals surface area contributed by atoms with Crippen LogP contribution >= 0.6 is 0 Å². The number of benzene rings is 1. The van der Waals surface area contributed by atoms with Gasteiger partial charge in [0.15, 0.2) is 0 Å². The van der Waals surface area contributed by atoms with Crippen LogP contribution in [0.1, 0.15) is 11.6 Å². The molecule has 3 rings (SSSR count). The molecular formula is C13H14N4O2. The van der Waals surface area contributed by atoms with Gasteiger partial charge in [0.2, 0.25) is 0 Å². The lowest BCUT2D eigenvalue weighted by Gasteiger charge is -2.35. The molecule has 0 amide bonds. The highest BCUT2D eigenvalue weighted by Crippen LogP contribution is 2.29. The molecule has 1 aromatic carbocycles. The summed E-state index contributed by atoms with van der Waals surface area (Å²) in [6.45, 7) is 1.82. The van der Waals surface area contributed by atoms with Crippen molar-refractivity contribution in [1.82, 2.24) is 15.1 Å². The first-order chi connectivity index (χ1) is 9.25. The molecule has 1 fully saturated rings. The van der Waals surface area contributed by atoms with E-state index < -0.39 is 4.92 Å². The lowest BCUT2D eigenvalue weighted by atomic mass is 9.88. The molecule has 1 N–H and O–H groups in total. The minimum atomic E-state index is -0.412. The minimum Gasteiger partial charge on any atom is -0.316 e. The maximum atomic E-state index is 10.8. The third-order valence-electron chi connectivity index (χ3n) is 3.48. The summed E-state index contributed by atoms with van der Waals surface area (Å²) in [4.78, 5) is 10.4. The van der Waals surface area contributed by atoms with E-state index >= 15 is 0 Å². The van der Waals surface area contributed by atoms with E-state index in [-0.39, 0.29) is 11.7 Å². The van der Waals surface area contributed by atoms with E-state index in [0.717, 1.165) is 18.7 Å². The number of aromatic nitrogens is 2. The zero-order chi connectivity index (χ0) is 13.2. The van der Waals surface area contributed by atoms with E-state index in [1.54, 1.807) is 4.68 Å². The van der Waals surface area contributed by atoms with Crippen LogP contribution in [0.4, 0.5) is 5.69 Å². The molecule has 0 bridgehead atoms. The van der Waals surface area contributed by atoms with E-state index in [0.29, 0.717) is 5.92 Å². The predicted octanol–water partition coefficient (Wildman–Crippen LogP) is 1.60. The first kappa shape index (κ1) is 11.9. The second-order valence-electron chi connectivity index (χ2n) is 4.71. The van der Waals surface area contributed by atoms with Crippen molar-refractivity contribution in [3.8, 4) is 0 Å². The standard InChI is InChI=1S/C13H14N4O2/c18-17(19)12-8-15-16(9-12)13(11-6-14-7-11)10-4-2-1-3-5-10/h1-5,8-9,11,13-14H,6-7H2. The van der Waals surface area contributed by atoms with Gasteiger partial charge in [-0.2, -0.15) is 5.10 Å². The Hall–Kier alpha value is -2.21. The predicted molar refractivity (Wildman–Crippen MR) is 69.8 cm³/mol. The Balaban J connectivity index is 1.96. The maximum Gasteiger partial charge on any atom is 0.307 e. The van der Waals surface area contributed by atoms with Gasteiger partial charge in [0.05, 0.1) is 11.0 Å². The lowest BCUT2D eigenvalue weighted by Crippen LogP contribution is -2.47. The monoisotopic (exact) mass is 258 g/mol. The Labute approximate surface area is 110 Å². The van der Waals surface area contributed by atoms with Gasteiger partial charge in [0, 0.05) is 19.0 Å². The average Bonchev–Trinajstić information content (AvgIpc) is 2.84. The van der Waals surface area contributed by atoms with Crippen LogP contribution in [0.15, 0.2) is 42.7 Å². The Morgan fingerprint density at radius 1 is 1.37 bits per heavy atom. The second kappa shape index (κ2) is 4.81. The Morgan fingerprint density at radius 3 is 2.63 bits per heavy atom. The van der Waals surface area contributed by atoms with Crippen LogP contribution in [-0.2, 0) is 0 Å². The molecule has 0 aliphatic carbocycles. The summed E-state index contributed by atoms with van der Waals surface area (Å²) >= 11 is 0. The number of hydrogen-bond acceptors (Lipinski definition) is 4. The summed E-state index contributed by atoms with van der Waals surface area (Å²) in [6, 6.07) is 10.0. The molecule has 2 heterocycles. The summed E-state index contributed by atoms with van der Waals surface area (Å²) in [5, 5.41) is 18.2. The molecule has 98 valence electrons. The number of nitro groups is 1. The van der Waals surface area contributed by atoms with Crippen molar-refractivity contribution in [2.75, 3.05) is 13.1 Å². The smallest absolute Gasteiger partial charge is 0.307 e. The molecule has 1 unspecified atom stereocenters. The van der Waals surface area contributed by atoms with Crippen molar-refractivity contribution >= 4 is 5.69 Å². The van der Waals surface area contributed by atoms with Crippen molar-refractivity contribution in [2.24, 2.45) is 5.92 Å². The third kappa shape index (κ3) is 2.22. The largest absolute Gasteiger partial charge is 0.316 e. The molecule has 19 heavy (non-hydrogen) atoms. The number of hydrogen-bond donors (Lipinski definition) is 1. The number of nitrogens with one attached hydrogen (secondary N) is 1. The van der Waals surface area contributed by atoms with E-state index in [1.807, 2.05) is 30.3 Å². The number of rotatable bonds is 4. The Morgan fingerprint density at radius 2 is 2.11 bits per heavy atom. The average molecular weight is 258 g/mol. The van der Waals surface area contributed by atoms with Crippen molar-refractivity contribution in [2.45, 2.75) is 6.04 Å². The van der Waals surface area contributed by atoms with Crippen LogP contribution in [0.5, 0.6) is 0 Å². The second-order valence-corrected chi connectivity index (χ2v) is 4.71. The van der Waals surface area contributed by atoms with Gasteiger partial charge in [-0.05, 0) is 5.56 Å². The SMILES string of the molecule is O=[N+]([O-])c1cnn(C(c2ccccc2)C2CNC2)c1. The zero-order valence-electron chi connectivity index (χ0n) is 10.3. The maximum absolute atomic E-state index is 10.8. The van der Waals surface area contributed by atoms with Gasteiger partial charge >= 0.3 is 5.69 Å². The van der Waals surface area contributed by atoms with E-state index in [4.69, 9.17) is 0 Å². The molecule has 0 spiro atoms. The fourth-order valence-electron chi connectivity index (χ4n) is 2.40. The van der Waals surface area contributed by atoms with Crippen LogP contribution < -0.4 is 5.32 Å². The van der Waals surface area contributed by atoms with E-state index in [1.165, 1.54) is 12.4 Å². The Kier molecular flexibility index (Phi) is 3.00. The molecule has 1 aliphatic heterocycles. The highest BCUT2D eigenvalue weighted by atomic mass is 16.6. The van der Waals surface area contributed by atoms with Crippen molar-refractivity contribution in [3.63, 3.8) is 0 Å². The molecule has 0 radical (unpaired) electrons. The van der Waals surface area contributed by atoms with Crippen LogP contribution in [0.3, 0.4) is 0 Å². The van der Waals surface area contributed by atoms with Gasteiger partial charge in [0.1, 0.15) is 12.4 Å². The molecule has 1 atom stereocenters. The van der Waals surface area contributed by atoms with Gasteiger partial charge in [-0.1, -0.05) is 30.3 Å². The molecule has 6 heteroatoms. The van der Waals surface area contributed by atoms with E-state index in [9.17, 15) is 10.1 Å². The van der Waals surface area contributed by atoms with Gasteiger partial charge in [-0.15, -0.1) is 0 Å². The molecular weight excluding hydrogens is 244 g/mol. The highest BCUT2D eigenvalue weighted by Gasteiger charge is 2.31. The van der Waals surface area contributed by atoms with Gasteiger partial charge in [-0.25, -0.2) is 0 Å². The topological polar surface area (TPSA) is 73.0 Å². The van der Waals surface area contributed by atoms with Crippen LogP contribution in [0.25, 0.3) is 0 Å². The van der Waals surface area contributed by atoms with Crippen molar-refractivity contribution in [3.05, 3.63) is 58.4 Å². The van der Waals surface area contributed by atoms with E-state index in [2.05, 4.69) is 10.4 Å². The zero-order valence-corrected chi connectivity index (χ0v) is 10.3. The number of nitrogens with zero attached hydrogens (tertiary/aromatic N) is 3. The highest BCUT2D eigenvalue weighted by molar-refractivity contribution is 5.26. The lowest BCUT2D eigenvalue weighted by molar-refractivity contribution is -0.385. The summed E-state index contributed by atoms with van der Waals surface area (Å²) in [5.41, 5.74) is 1.17. The molecule has 2 aromatic rings. The first-order valence-electron chi connectivity index (χ1n) is 6.20. The van der Waals surface area contributed by atoms with Crippen molar-refractivity contribution < 1.29 is 4.92 Å². The molecule has 6 nitrogen and oxygen atoms in total. The van der Waals surface area contributed by atoms with Crippen LogP contribution in [0.2, 0.25) is 0 Å². The summed E-state index contributed by atoms with van der Waals surface area (Å²) < 4.78 is 1.71. The molecule has 1 aliphatic rings. The van der Waals surface area contributed by atoms with Gasteiger partial charge in [-0.3, -0.25) is 14.8 Å². The quantitative estimate of drug-likeness (QED) is 0.667. The van der Waals surface area contributed by atoms with Gasteiger partial charge in [0.25, 0.3) is 0 Å². The summed E-state index contributed by atoms with van der Waals surface area (Å²) in [5.74, 6) is 0.418. The van der Waals surface area contributed by atoms with Crippen LogP contribution in [0, 0.1) is 16.0 Å². The normalized spacial score (nSPS) is 16.8. The third-order valence-corrected chi connectivity index (χ3v) is 3.48. The molecule has 1 saturated heterocycles. The van der Waals surface area contributed by atoms with Crippen molar-refractivity contribution in [1.29, 1.82) is 0 Å². The summed E-state index contributed by atoms with van der Waals surface area (Å²) in [6.07, 6.45) is 2.82. The molecule has 0 saturated carbocycles. The van der Waals surface area contributed by atoms with Crippen LogP contribution in [-0.4, -0.2) is 27.8 Å². The fourth-order valence-corrected chi connectivity index (χ4v) is 2.40. The fraction of sp³-hybridized carbons (Fsp3) is 0.308. The molecule has 1 aromatic heterocycles. The Bertz CT molecular complexity index is 577. The van der Waals surface area contributed by atoms with Gasteiger partial charge < -0.3 is 5.32 Å². The minimum absolute atomic E-state index is 0.0354. The summed E-state index contributed by atoms with van der Waals surface area (Å²) in [7, 11) is 0.